The van der Waals surface area contributed by atoms with Gasteiger partial charge in [0.15, 0.2) is 7.05 Å². The van der Waals surface area contributed by atoms with Crippen LogP contribution in [-0.4, -0.2) is 30.3 Å². The highest BCUT2D eigenvalue weighted by molar-refractivity contribution is 6.04. The molecule has 124 valence electrons. The van der Waals surface area contributed by atoms with Gasteiger partial charge in [0.25, 0.3) is 5.91 Å². The number of hydrogen-bond donors (Lipinski definition) is 1. The lowest BCUT2D eigenvalue weighted by Crippen LogP contribution is -2.37. The highest BCUT2D eigenvalue weighted by Crippen LogP contribution is 2.14. The van der Waals surface area contributed by atoms with Gasteiger partial charge in [0.1, 0.15) is 17.0 Å². The third-order valence-electron chi connectivity index (χ3n) is 2.45. The summed E-state index contributed by atoms with van der Waals surface area (Å²) in [6.45, 7) is 0. The lowest BCUT2D eigenvalue weighted by atomic mass is 10.1. The molecule has 1 heterocycles. The topological polar surface area (TPSA) is 95.2 Å². The number of nitrogens with zero attached hydrogens (tertiary/aromatic N) is 2. The van der Waals surface area contributed by atoms with Gasteiger partial charge >= 0.3 is 6.18 Å². The highest BCUT2D eigenvalue weighted by Gasteiger charge is 2.28. The molecule has 1 amide bonds. The van der Waals surface area contributed by atoms with E-state index in [4.69, 9.17) is 9.90 Å². The molecule has 10 heteroatoms. The summed E-state index contributed by atoms with van der Waals surface area (Å²) in [5, 5.41) is 13.9. The molecule has 0 unspecified atom stereocenters. The fourth-order valence-corrected chi connectivity index (χ4v) is 1.57. The van der Waals surface area contributed by atoms with Gasteiger partial charge in [-0.05, 0) is 11.2 Å². The second-order valence-corrected chi connectivity index (χ2v) is 4.15. The van der Waals surface area contributed by atoms with Crippen LogP contribution in [0.1, 0.15) is 10.4 Å². The molecular formula is C13H12F3N3O4. The van der Waals surface area contributed by atoms with Crippen molar-refractivity contribution in [2.75, 3.05) is 7.11 Å². The first-order valence-electron chi connectivity index (χ1n) is 6.04. The quantitative estimate of drug-likeness (QED) is 0.599. The second kappa shape index (κ2) is 7.49. The first kappa shape index (κ1) is 18.3. The van der Waals surface area contributed by atoms with E-state index in [0.717, 1.165) is 10.9 Å². The van der Waals surface area contributed by atoms with E-state index in [0.29, 0.717) is 5.56 Å². The third kappa shape index (κ3) is 5.18. The number of carboxylic acid groups (broad SMARTS) is 1. The lowest BCUT2D eigenvalue weighted by Gasteiger charge is -2.03. The fourth-order valence-electron chi connectivity index (χ4n) is 1.57. The number of hydroxylamine groups is 1. The Morgan fingerprint density at radius 2 is 1.87 bits per heavy atom. The van der Waals surface area contributed by atoms with Gasteiger partial charge in [-0.2, -0.15) is 13.2 Å². The van der Waals surface area contributed by atoms with Gasteiger partial charge in [-0.15, -0.1) is 0 Å². The van der Waals surface area contributed by atoms with Crippen LogP contribution in [-0.2, 0) is 16.7 Å². The molecule has 2 aromatic rings. The van der Waals surface area contributed by atoms with E-state index in [1.807, 2.05) is 24.3 Å². The molecule has 2 rings (SSSR count). The Hall–Kier alpha value is -2.75. The predicted molar refractivity (Wildman–Crippen MR) is 68.5 cm³/mol. The number of benzene rings is 1. The average molecular weight is 331 g/mol. The van der Waals surface area contributed by atoms with Crippen molar-refractivity contribution < 1.29 is 37.4 Å². The van der Waals surface area contributed by atoms with Crippen LogP contribution in [0.2, 0.25) is 0 Å². The van der Waals surface area contributed by atoms with E-state index < -0.39 is 12.1 Å². The molecule has 0 aliphatic heterocycles. The van der Waals surface area contributed by atoms with Crippen molar-refractivity contribution in [1.82, 2.24) is 10.6 Å². The van der Waals surface area contributed by atoms with Crippen LogP contribution in [0.3, 0.4) is 0 Å². The maximum atomic E-state index is 11.7. The Morgan fingerprint density at radius 3 is 2.39 bits per heavy atom. The summed E-state index contributed by atoms with van der Waals surface area (Å²) in [5.74, 6) is -3.29. The number of halogens is 3. The minimum atomic E-state index is -5.19. The van der Waals surface area contributed by atoms with Crippen LogP contribution in [0, 0.1) is 0 Å². The molecule has 7 nitrogen and oxygen atoms in total. The first-order chi connectivity index (χ1) is 10.7. The van der Waals surface area contributed by atoms with Gasteiger partial charge in [0.05, 0.1) is 7.11 Å². The summed E-state index contributed by atoms with van der Waals surface area (Å²) in [6.07, 6.45) is -3.53. The van der Waals surface area contributed by atoms with Crippen LogP contribution in [0.15, 0.2) is 30.5 Å². The number of amides is 1. The Morgan fingerprint density at radius 1 is 1.30 bits per heavy atom. The van der Waals surface area contributed by atoms with Gasteiger partial charge in [-0.1, -0.05) is 22.9 Å². The molecule has 0 aliphatic carbocycles. The molecule has 0 aliphatic rings. The minimum Gasteiger partial charge on any atom is -0.542 e. The van der Waals surface area contributed by atoms with Crippen molar-refractivity contribution in [3.63, 3.8) is 0 Å². The van der Waals surface area contributed by atoms with E-state index in [2.05, 4.69) is 15.4 Å². The molecule has 1 aromatic heterocycles. The van der Waals surface area contributed by atoms with Gasteiger partial charge in [0, 0.05) is 5.39 Å². The smallest absolute Gasteiger partial charge is 0.430 e. The zero-order valence-electron chi connectivity index (χ0n) is 12.0. The van der Waals surface area contributed by atoms with E-state index >= 15 is 0 Å². The summed E-state index contributed by atoms with van der Waals surface area (Å²) < 4.78 is 33.2. The summed E-state index contributed by atoms with van der Waals surface area (Å²) in [6, 6.07) is 7.47. The third-order valence-corrected chi connectivity index (χ3v) is 2.45. The van der Waals surface area contributed by atoms with Crippen LogP contribution < -0.4 is 15.3 Å². The maximum absolute atomic E-state index is 11.7. The van der Waals surface area contributed by atoms with E-state index in [1.165, 1.54) is 7.11 Å². The summed E-state index contributed by atoms with van der Waals surface area (Å²) >= 11 is 0. The number of aromatic nitrogens is 2. The second-order valence-electron chi connectivity index (χ2n) is 4.15. The largest absolute Gasteiger partial charge is 0.542 e. The number of carboxylic acids is 1. The van der Waals surface area contributed by atoms with Crippen molar-refractivity contribution in [2.24, 2.45) is 7.05 Å². The average Bonchev–Trinajstić information content (AvgIpc) is 2.46. The number of aliphatic carboxylic acids is 1. The number of rotatable bonds is 2. The van der Waals surface area contributed by atoms with Crippen molar-refractivity contribution in [1.29, 1.82) is 0 Å². The maximum Gasteiger partial charge on any atom is 0.430 e. The Labute approximate surface area is 128 Å². The molecule has 0 saturated carbocycles. The van der Waals surface area contributed by atoms with Crippen molar-refractivity contribution in [3.8, 4) is 0 Å². The van der Waals surface area contributed by atoms with Crippen molar-refractivity contribution in [2.45, 2.75) is 6.18 Å². The van der Waals surface area contributed by atoms with Gasteiger partial charge in [0.2, 0.25) is 6.20 Å². The number of fused-ring (bicyclic) bond motifs is 1. The number of alkyl halides is 3. The normalized spacial score (nSPS) is 10.7. The van der Waals surface area contributed by atoms with E-state index in [-0.39, 0.29) is 5.91 Å². The molecule has 1 aromatic carbocycles. The predicted octanol–water partition coefficient (Wildman–Crippen LogP) is -0.351. The molecule has 0 radical (unpaired) electrons. The first-order valence-corrected chi connectivity index (χ1v) is 6.04. The number of carbonyl (C=O) groups is 2. The Bertz CT molecular complexity index is 719. The summed E-state index contributed by atoms with van der Waals surface area (Å²) in [4.78, 5) is 25.1. The molecule has 0 fully saturated rings. The standard InChI is InChI=1S/C11H11N3O2.C2HF3O2/c1-14-7-9(11(15)13-16-2)8-5-3-4-6-10(8)12-14;3-2(4,5)1(6)7/h3-7H,1-2H3;(H,6,7). The van der Waals surface area contributed by atoms with E-state index in [1.54, 1.807) is 17.9 Å². The molecular weight excluding hydrogens is 319 g/mol. The van der Waals surface area contributed by atoms with Gasteiger partial charge < -0.3 is 9.90 Å². The zero-order valence-corrected chi connectivity index (χ0v) is 12.0. The number of hydrogen-bond acceptors (Lipinski definition) is 5. The summed E-state index contributed by atoms with van der Waals surface area (Å²) in [7, 11) is 3.18. The van der Waals surface area contributed by atoms with Crippen molar-refractivity contribution >= 4 is 22.8 Å². The Kier molecular flexibility index (Phi) is 5.96. The highest BCUT2D eigenvalue weighted by atomic mass is 19.4. The number of carbonyl (C=O) groups excluding carboxylic acids is 2. The number of nitrogens with one attached hydrogen (secondary N) is 1. The van der Waals surface area contributed by atoms with Crippen LogP contribution in [0.4, 0.5) is 13.2 Å². The van der Waals surface area contributed by atoms with Crippen LogP contribution in [0.25, 0.3) is 10.9 Å². The van der Waals surface area contributed by atoms with Crippen LogP contribution >= 0.6 is 0 Å². The SMILES string of the molecule is CONC(=O)c1c[n+](C)nc2ccccc12.O=C([O-])C(F)(F)F. The monoisotopic (exact) mass is 331 g/mol. The molecule has 0 bridgehead atoms. The molecule has 23 heavy (non-hydrogen) atoms. The van der Waals surface area contributed by atoms with Crippen molar-refractivity contribution in [3.05, 3.63) is 36.0 Å². The minimum absolute atomic E-state index is 0.281. The van der Waals surface area contributed by atoms with Gasteiger partial charge in [-0.3, -0.25) is 9.63 Å². The van der Waals surface area contributed by atoms with Crippen LogP contribution in [0.5, 0.6) is 0 Å². The molecule has 0 spiro atoms. The summed E-state index contributed by atoms with van der Waals surface area (Å²) in [5.41, 5.74) is 3.61. The molecule has 0 saturated heterocycles. The van der Waals surface area contributed by atoms with E-state index in [9.17, 15) is 18.0 Å². The number of aryl methyl sites for hydroxylation is 1. The van der Waals surface area contributed by atoms with Gasteiger partial charge in [-0.25, -0.2) is 5.48 Å². The Balaban J connectivity index is 0.000000322. The lowest BCUT2D eigenvalue weighted by molar-refractivity contribution is -0.728. The zero-order chi connectivity index (χ0) is 17.6. The molecule has 1 N–H and O–H groups in total. The fraction of sp³-hybridized carbons (Fsp3) is 0.231. The molecule has 0 atom stereocenters.